The molecule has 0 aliphatic heterocycles. The molecule has 1 aromatic rings. The summed E-state index contributed by atoms with van der Waals surface area (Å²) in [5, 5.41) is 6.55. The summed E-state index contributed by atoms with van der Waals surface area (Å²) >= 11 is 0. The van der Waals surface area contributed by atoms with Gasteiger partial charge in [0.1, 0.15) is 11.3 Å². The number of rotatable bonds is 5. The molecule has 1 rings (SSSR count). The van der Waals surface area contributed by atoms with Crippen LogP contribution in [-0.2, 0) is 0 Å². The second kappa shape index (κ2) is 5.84. The molecule has 0 aliphatic carbocycles. The van der Waals surface area contributed by atoms with Gasteiger partial charge >= 0.3 is 0 Å². The average molecular weight is 238 g/mol. The van der Waals surface area contributed by atoms with Crippen molar-refractivity contribution in [3.63, 3.8) is 0 Å². The maximum atomic E-state index is 11.9. The predicted molar refractivity (Wildman–Crippen MR) is 66.7 cm³/mol. The van der Waals surface area contributed by atoms with Crippen LogP contribution in [0, 0.1) is 24.7 Å². The van der Waals surface area contributed by atoms with Gasteiger partial charge in [-0.1, -0.05) is 32.9 Å². The molecule has 17 heavy (non-hydrogen) atoms. The summed E-state index contributed by atoms with van der Waals surface area (Å²) < 4.78 is 4.88. The van der Waals surface area contributed by atoms with Crippen LogP contribution in [-0.4, -0.2) is 17.6 Å². The highest BCUT2D eigenvalue weighted by atomic mass is 16.5. The largest absolute Gasteiger partial charge is 0.361 e. The highest BCUT2D eigenvalue weighted by Crippen LogP contribution is 2.19. The van der Waals surface area contributed by atoms with Gasteiger partial charge in [0.05, 0.1) is 6.20 Å². The summed E-state index contributed by atoms with van der Waals surface area (Å²) in [5.74, 6) is 2.06. The first kappa shape index (κ1) is 13.7. The third kappa shape index (κ3) is 3.58. The third-order valence-electron chi connectivity index (χ3n) is 3.21. The molecule has 0 bridgehead atoms. The molecule has 0 saturated carbocycles. The van der Waals surface area contributed by atoms with Gasteiger partial charge in [0.15, 0.2) is 0 Å². The molecule has 1 aromatic heterocycles. The van der Waals surface area contributed by atoms with E-state index >= 15 is 0 Å². The Hall–Kier alpha value is -1.32. The molecule has 0 radical (unpaired) electrons. The van der Waals surface area contributed by atoms with Gasteiger partial charge in [-0.25, -0.2) is 0 Å². The van der Waals surface area contributed by atoms with Crippen LogP contribution in [0.1, 0.15) is 43.8 Å². The molecule has 0 aliphatic rings. The number of hydrogen-bond donors (Lipinski definition) is 1. The lowest BCUT2D eigenvalue weighted by molar-refractivity contribution is 0.0935. The van der Waals surface area contributed by atoms with Crippen LogP contribution in [0.5, 0.6) is 0 Å². The van der Waals surface area contributed by atoms with Gasteiger partial charge < -0.3 is 9.84 Å². The summed E-state index contributed by atoms with van der Waals surface area (Å²) in [6.45, 7) is 11.2. The Bertz CT molecular complexity index is 361. The smallest absolute Gasteiger partial charge is 0.256 e. The number of aryl methyl sites for hydroxylation is 1. The monoisotopic (exact) mass is 238 g/mol. The van der Waals surface area contributed by atoms with Crippen LogP contribution in [0.25, 0.3) is 0 Å². The molecule has 1 N–H and O–H groups in total. The predicted octanol–water partition coefficient (Wildman–Crippen LogP) is 2.64. The lowest BCUT2D eigenvalue weighted by Gasteiger charge is -2.24. The fourth-order valence-corrected chi connectivity index (χ4v) is 2.06. The quantitative estimate of drug-likeness (QED) is 0.858. The van der Waals surface area contributed by atoms with Gasteiger partial charge in [0, 0.05) is 6.54 Å². The standard InChI is InChI=1S/C13H22N2O2/c1-8(2)11(9(3)4)6-14-13(16)12-7-15-17-10(12)5/h7-9,11H,6H2,1-5H3,(H,14,16). The lowest BCUT2D eigenvalue weighted by atomic mass is 9.85. The summed E-state index contributed by atoms with van der Waals surface area (Å²) in [5.41, 5.74) is 0.524. The maximum Gasteiger partial charge on any atom is 0.256 e. The summed E-state index contributed by atoms with van der Waals surface area (Å²) in [4.78, 5) is 11.9. The van der Waals surface area contributed by atoms with Crippen molar-refractivity contribution in [2.75, 3.05) is 6.54 Å². The summed E-state index contributed by atoms with van der Waals surface area (Å²) in [7, 11) is 0. The van der Waals surface area contributed by atoms with Crippen molar-refractivity contribution in [1.29, 1.82) is 0 Å². The van der Waals surface area contributed by atoms with Crippen LogP contribution in [0.2, 0.25) is 0 Å². The van der Waals surface area contributed by atoms with Crippen molar-refractivity contribution in [2.45, 2.75) is 34.6 Å². The van der Waals surface area contributed by atoms with E-state index in [1.54, 1.807) is 6.92 Å². The Morgan fingerprint density at radius 1 is 1.35 bits per heavy atom. The van der Waals surface area contributed by atoms with Crippen LogP contribution < -0.4 is 5.32 Å². The average Bonchev–Trinajstić information content (AvgIpc) is 2.63. The molecular weight excluding hydrogens is 216 g/mol. The number of hydrogen-bond acceptors (Lipinski definition) is 3. The molecule has 0 spiro atoms. The van der Waals surface area contributed by atoms with Gasteiger partial charge in [-0.2, -0.15) is 0 Å². The number of amides is 1. The Balaban J connectivity index is 2.56. The van der Waals surface area contributed by atoms with Crippen molar-refractivity contribution in [2.24, 2.45) is 17.8 Å². The Morgan fingerprint density at radius 3 is 2.35 bits per heavy atom. The van der Waals surface area contributed by atoms with Crippen LogP contribution in [0.4, 0.5) is 0 Å². The fraction of sp³-hybridized carbons (Fsp3) is 0.692. The van der Waals surface area contributed by atoms with Crippen molar-refractivity contribution in [3.05, 3.63) is 17.5 Å². The minimum atomic E-state index is -0.102. The highest BCUT2D eigenvalue weighted by molar-refractivity contribution is 5.94. The molecule has 0 unspecified atom stereocenters. The fourth-order valence-electron chi connectivity index (χ4n) is 2.06. The topological polar surface area (TPSA) is 55.1 Å². The van der Waals surface area contributed by atoms with Crippen molar-refractivity contribution in [1.82, 2.24) is 10.5 Å². The molecule has 0 atom stereocenters. The van der Waals surface area contributed by atoms with Gasteiger partial charge in [-0.15, -0.1) is 0 Å². The minimum Gasteiger partial charge on any atom is -0.361 e. The van der Waals surface area contributed by atoms with E-state index < -0.39 is 0 Å². The molecule has 0 saturated heterocycles. The van der Waals surface area contributed by atoms with E-state index in [1.807, 2.05) is 0 Å². The third-order valence-corrected chi connectivity index (χ3v) is 3.21. The zero-order valence-electron chi connectivity index (χ0n) is 11.3. The van der Waals surface area contributed by atoms with Crippen molar-refractivity contribution in [3.8, 4) is 0 Å². The molecule has 4 nitrogen and oxygen atoms in total. The van der Waals surface area contributed by atoms with E-state index in [4.69, 9.17) is 4.52 Å². The first-order valence-corrected chi connectivity index (χ1v) is 6.13. The number of carbonyl (C=O) groups excluding carboxylic acids is 1. The van der Waals surface area contributed by atoms with Gasteiger partial charge in [0.2, 0.25) is 0 Å². The van der Waals surface area contributed by atoms with Crippen LogP contribution in [0.3, 0.4) is 0 Å². The number of aromatic nitrogens is 1. The van der Waals surface area contributed by atoms with Gasteiger partial charge in [0.25, 0.3) is 5.91 Å². The van der Waals surface area contributed by atoms with Crippen molar-refractivity contribution >= 4 is 5.91 Å². The SMILES string of the molecule is Cc1oncc1C(=O)NCC(C(C)C)C(C)C. The summed E-state index contributed by atoms with van der Waals surface area (Å²) in [6, 6.07) is 0. The molecule has 4 heteroatoms. The first-order valence-electron chi connectivity index (χ1n) is 6.13. The van der Waals surface area contributed by atoms with E-state index in [-0.39, 0.29) is 5.91 Å². The molecule has 96 valence electrons. The first-order chi connectivity index (χ1) is 7.93. The normalized spacial score (nSPS) is 11.5. The minimum absolute atomic E-state index is 0.102. The van der Waals surface area contributed by atoms with E-state index in [9.17, 15) is 4.79 Å². The summed E-state index contributed by atoms with van der Waals surface area (Å²) in [6.07, 6.45) is 1.46. The van der Waals surface area contributed by atoms with Crippen molar-refractivity contribution < 1.29 is 9.32 Å². The van der Waals surface area contributed by atoms with E-state index in [1.165, 1.54) is 6.20 Å². The van der Waals surface area contributed by atoms with Crippen LogP contribution in [0.15, 0.2) is 10.7 Å². The second-order valence-corrected chi connectivity index (χ2v) is 5.16. The zero-order chi connectivity index (χ0) is 13.0. The molecule has 0 aromatic carbocycles. The second-order valence-electron chi connectivity index (χ2n) is 5.16. The molecule has 1 heterocycles. The number of carbonyl (C=O) groups is 1. The Labute approximate surface area is 103 Å². The lowest BCUT2D eigenvalue weighted by Crippen LogP contribution is -2.34. The van der Waals surface area contributed by atoms with E-state index in [0.29, 0.717) is 35.6 Å². The Morgan fingerprint density at radius 2 is 1.94 bits per heavy atom. The van der Waals surface area contributed by atoms with E-state index in [0.717, 1.165) is 0 Å². The number of nitrogens with one attached hydrogen (secondary N) is 1. The molecule has 1 amide bonds. The Kier molecular flexibility index (Phi) is 4.73. The zero-order valence-corrected chi connectivity index (χ0v) is 11.3. The molecular formula is C13H22N2O2. The van der Waals surface area contributed by atoms with Crippen LogP contribution >= 0.6 is 0 Å². The van der Waals surface area contributed by atoms with E-state index in [2.05, 4.69) is 38.2 Å². The van der Waals surface area contributed by atoms with Gasteiger partial charge in [-0.05, 0) is 24.7 Å². The maximum absolute atomic E-state index is 11.9. The van der Waals surface area contributed by atoms with Gasteiger partial charge in [-0.3, -0.25) is 4.79 Å². The number of nitrogens with zero attached hydrogens (tertiary/aromatic N) is 1. The highest BCUT2D eigenvalue weighted by Gasteiger charge is 2.19. The molecule has 0 fully saturated rings.